The highest BCUT2D eigenvalue weighted by Gasteiger charge is 2.36. The van der Waals surface area contributed by atoms with Crippen molar-refractivity contribution in [2.24, 2.45) is 0 Å². The Balaban J connectivity index is 2.17. The Bertz CT molecular complexity index is 422. The number of nitrogens with one attached hydrogen (secondary N) is 1. The van der Waals surface area contributed by atoms with Gasteiger partial charge in [0.25, 0.3) is 0 Å². The van der Waals surface area contributed by atoms with Crippen molar-refractivity contribution in [3.8, 4) is 0 Å². The molecule has 1 N–H and O–H groups in total. The Kier molecular flexibility index (Phi) is 6.65. The van der Waals surface area contributed by atoms with E-state index in [2.05, 4.69) is 26.1 Å². The van der Waals surface area contributed by atoms with E-state index >= 15 is 0 Å². The van der Waals surface area contributed by atoms with Crippen LogP contribution in [0.15, 0.2) is 0 Å². The summed E-state index contributed by atoms with van der Waals surface area (Å²) in [6.45, 7) is 9.24. The Labute approximate surface area is 133 Å². The van der Waals surface area contributed by atoms with Crippen molar-refractivity contribution in [2.45, 2.75) is 77.9 Å². The molecule has 0 aromatic carbocycles. The van der Waals surface area contributed by atoms with Gasteiger partial charge in [-0.15, -0.1) is 11.3 Å². The van der Waals surface area contributed by atoms with Crippen LogP contribution in [-0.2, 0) is 16.9 Å². The number of nitrogens with zero attached hydrogens (tertiary/aromatic N) is 1. The first-order chi connectivity index (χ1) is 10.2. The van der Waals surface area contributed by atoms with Gasteiger partial charge in [0.05, 0.1) is 5.69 Å². The number of rotatable bonds is 7. The highest BCUT2D eigenvalue weighted by atomic mass is 32.1. The normalized spacial score (nSPS) is 18.6. The maximum absolute atomic E-state index is 6.26. The largest absolute Gasteiger partial charge is 0.368 e. The van der Waals surface area contributed by atoms with Gasteiger partial charge in [-0.25, -0.2) is 4.98 Å². The van der Waals surface area contributed by atoms with Gasteiger partial charge >= 0.3 is 0 Å². The minimum absolute atomic E-state index is 0.107. The number of hydrogen-bond donors (Lipinski definition) is 1. The van der Waals surface area contributed by atoms with Crippen LogP contribution >= 0.6 is 11.3 Å². The SMILES string of the molecule is CCCNCc1sc(C2(OCC)CCCCCC2)nc1C. The molecule has 3 nitrogen and oxygen atoms in total. The zero-order valence-electron chi connectivity index (χ0n) is 13.8. The Morgan fingerprint density at radius 3 is 2.52 bits per heavy atom. The molecule has 0 spiro atoms. The molecular formula is C17H30N2OS. The van der Waals surface area contributed by atoms with Gasteiger partial charge in [-0.05, 0) is 39.7 Å². The Hall–Kier alpha value is -0.450. The first-order valence-electron chi connectivity index (χ1n) is 8.53. The highest BCUT2D eigenvalue weighted by molar-refractivity contribution is 7.11. The average Bonchev–Trinajstić information content (AvgIpc) is 2.70. The van der Waals surface area contributed by atoms with Gasteiger partial charge in [-0.3, -0.25) is 0 Å². The summed E-state index contributed by atoms with van der Waals surface area (Å²) in [5.41, 5.74) is 1.07. The van der Waals surface area contributed by atoms with Crippen LogP contribution in [0.2, 0.25) is 0 Å². The molecule has 1 aromatic rings. The van der Waals surface area contributed by atoms with Gasteiger partial charge in [0.15, 0.2) is 0 Å². The second kappa shape index (κ2) is 8.25. The van der Waals surface area contributed by atoms with Crippen molar-refractivity contribution in [3.05, 3.63) is 15.6 Å². The van der Waals surface area contributed by atoms with Crippen molar-refractivity contribution < 1.29 is 4.74 Å². The minimum Gasteiger partial charge on any atom is -0.368 e. The van der Waals surface area contributed by atoms with Gasteiger partial charge in [-0.2, -0.15) is 0 Å². The van der Waals surface area contributed by atoms with E-state index in [1.807, 2.05) is 11.3 Å². The lowest BCUT2D eigenvalue weighted by Gasteiger charge is -2.30. The standard InChI is InChI=1S/C17H30N2OS/c1-4-12-18-13-15-14(3)19-16(21-15)17(20-5-2)10-8-6-7-9-11-17/h18H,4-13H2,1-3H3. The molecule has 2 rings (SSSR count). The molecule has 4 heteroatoms. The maximum atomic E-state index is 6.26. The van der Waals surface area contributed by atoms with Crippen molar-refractivity contribution >= 4 is 11.3 Å². The van der Waals surface area contributed by atoms with E-state index in [0.29, 0.717) is 0 Å². The molecule has 0 amide bonds. The van der Waals surface area contributed by atoms with Gasteiger partial charge in [-0.1, -0.05) is 32.6 Å². The second-order valence-corrected chi connectivity index (χ2v) is 7.13. The maximum Gasteiger partial charge on any atom is 0.125 e. The summed E-state index contributed by atoms with van der Waals surface area (Å²) in [5, 5.41) is 4.71. The monoisotopic (exact) mass is 310 g/mol. The van der Waals surface area contributed by atoms with Crippen LogP contribution in [0.5, 0.6) is 0 Å². The van der Waals surface area contributed by atoms with Crippen molar-refractivity contribution in [1.29, 1.82) is 0 Å². The number of thiazole rings is 1. The summed E-state index contributed by atoms with van der Waals surface area (Å²) >= 11 is 1.87. The molecule has 1 saturated carbocycles. The van der Waals surface area contributed by atoms with Gasteiger partial charge < -0.3 is 10.1 Å². The number of ether oxygens (including phenoxy) is 1. The zero-order valence-corrected chi connectivity index (χ0v) is 14.7. The van der Waals surface area contributed by atoms with Crippen LogP contribution in [0.25, 0.3) is 0 Å². The van der Waals surface area contributed by atoms with Crippen molar-refractivity contribution in [3.63, 3.8) is 0 Å². The van der Waals surface area contributed by atoms with E-state index in [-0.39, 0.29) is 5.60 Å². The molecule has 21 heavy (non-hydrogen) atoms. The summed E-state index contributed by atoms with van der Waals surface area (Å²) in [7, 11) is 0. The zero-order chi connectivity index (χ0) is 15.1. The molecule has 0 bridgehead atoms. The Morgan fingerprint density at radius 1 is 1.19 bits per heavy atom. The fourth-order valence-electron chi connectivity index (χ4n) is 3.16. The van der Waals surface area contributed by atoms with Crippen LogP contribution in [0, 0.1) is 6.92 Å². The molecule has 120 valence electrons. The Morgan fingerprint density at radius 2 is 1.90 bits per heavy atom. The third-order valence-corrected chi connectivity index (χ3v) is 5.67. The molecule has 1 heterocycles. The summed E-state index contributed by atoms with van der Waals surface area (Å²) in [4.78, 5) is 6.28. The van der Waals surface area contributed by atoms with E-state index < -0.39 is 0 Å². The van der Waals surface area contributed by atoms with E-state index in [0.717, 1.165) is 32.5 Å². The molecule has 0 unspecified atom stereocenters. The van der Waals surface area contributed by atoms with Crippen LogP contribution < -0.4 is 5.32 Å². The molecule has 0 aliphatic heterocycles. The molecule has 0 atom stereocenters. The molecule has 0 radical (unpaired) electrons. The molecule has 1 aliphatic carbocycles. The van der Waals surface area contributed by atoms with Crippen molar-refractivity contribution in [1.82, 2.24) is 10.3 Å². The number of aromatic nitrogens is 1. The predicted molar refractivity (Wildman–Crippen MR) is 89.9 cm³/mol. The van der Waals surface area contributed by atoms with Gasteiger partial charge in [0.2, 0.25) is 0 Å². The van der Waals surface area contributed by atoms with E-state index in [1.165, 1.54) is 47.7 Å². The van der Waals surface area contributed by atoms with Crippen LogP contribution in [0.1, 0.15) is 74.4 Å². The molecule has 1 aliphatic rings. The highest BCUT2D eigenvalue weighted by Crippen LogP contribution is 2.41. The topological polar surface area (TPSA) is 34.1 Å². The van der Waals surface area contributed by atoms with E-state index in [1.54, 1.807) is 0 Å². The third-order valence-electron chi connectivity index (χ3n) is 4.33. The van der Waals surface area contributed by atoms with Gasteiger partial charge in [0, 0.05) is 18.0 Å². The lowest BCUT2D eigenvalue weighted by Crippen LogP contribution is -2.29. The molecule has 0 saturated heterocycles. The van der Waals surface area contributed by atoms with E-state index in [4.69, 9.17) is 9.72 Å². The summed E-state index contributed by atoms with van der Waals surface area (Å²) < 4.78 is 6.26. The van der Waals surface area contributed by atoms with Crippen molar-refractivity contribution in [2.75, 3.05) is 13.2 Å². The lowest BCUT2D eigenvalue weighted by molar-refractivity contribution is -0.0560. The van der Waals surface area contributed by atoms with Gasteiger partial charge in [0.1, 0.15) is 10.6 Å². The lowest BCUT2D eigenvalue weighted by atomic mass is 9.95. The number of aryl methyl sites for hydroxylation is 1. The molecule has 1 aromatic heterocycles. The summed E-state index contributed by atoms with van der Waals surface area (Å²) in [5.74, 6) is 0. The first-order valence-corrected chi connectivity index (χ1v) is 9.35. The van der Waals surface area contributed by atoms with Crippen LogP contribution in [0.4, 0.5) is 0 Å². The summed E-state index contributed by atoms with van der Waals surface area (Å²) in [6, 6.07) is 0. The molecule has 1 fully saturated rings. The fraction of sp³-hybridized carbons (Fsp3) is 0.824. The predicted octanol–water partition coefficient (Wildman–Crippen LogP) is 4.54. The summed E-state index contributed by atoms with van der Waals surface area (Å²) in [6.07, 6.45) is 8.65. The van der Waals surface area contributed by atoms with Crippen LogP contribution in [-0.4, -0.2) is 18.1 Å². The van der Waals surface area contributed by atoms with E-state index in [9.17, 15) is 0 Å². The van der Waals surface area contributed by atoms with Crippen LogP contribution in [0.3, 0.4) is 0 Å². The first kappa shape index (κ1) is 16.9. The minimum atomic E-state index is -0.107. The molecular weight excluding hydrogens is 280 g/mol. The quantitative estimate of drug-likeness (QED) is 0.593. The number of hydrogen-bond acceptors (Lipinski definition) is 4. The third kappa shape index (κ3) is 4.27. The average molecular weight is 311 g/mol. The smallest absolute Gasteiger partial charge is 0.125 e. The second-order valence-electron chi connectivity index (χ2n) is 6.05. The fourth-order valence-corrected chi connectivity index (χ4v) is 4.39.